The first kappa shape index (κ1) is 25.7. The molecule has 36 heavy (non-hydrogen) atoms. The van der Waals surface area contributed by atoms with Crippen molar-refractivity contribution in [3.05, 3.63) is 65.5 Å². The molecule has 2 saturated heterocycles. The minimum absolute atomic E-state index is 0.0160. The Hall–Kier alpha value is -3.42. The standard InChI is InChI=1S/C28H33FN2O5/c1-19(2)17-31-23(15-20-4-3-5-22(29)14-20)16-28(27(31)35)10-12-30(13-11-28)26(34)21-6-8-24(9-7-21)36-18-25(32)33/h3-9,14,19,23H,10-13,15-18H2,1-2H3,(H,32,33)/t23-/m0/s1. The molecule has 2 aromatic carbocycles. The Kier molecular flexibility index (Phi) is 7.62. The maximum absolute atomic E-state index is 13.8. The number of nitrogens with zero attached hydrogens (tertiary/aromatic N) is 2. The van der Waals surface area contributed by atoms with Gasteiger partial charge in [-0.1, -0.05) is 26.0 Å². The van der Waals surface area contributed by atoms with Crippen molar-refractivity contribution in [1.82, 2.24) is 9.80 Å². The van der Waals surface area contributed by atoms with Gasteiger partial charge in [0, 0.05) is 31.2 Å². The van der Waals surface area contributed by atoms with Crippen LogP contribution in [0.2, 0.25) is 0 Å². The summed E-state index contributed by atoms with van der Waals surface area (Å²) in [4.78, 5) is 41.2. The van der Waals surface area contributed by atoms with Crippen molar-refractivity contribution in [2.75, 3.05) is 26.2 Å². The van der Waals surface area contributed by atoms with E-state index in [9.17, 15) is 18.8 Å². The van der Waals surface area contributed by atoms with Crippen LogP contribution in [-0.2, 0) is 16.0 Å². The topological polar surface area (TPSA) is 87.2 Å². The van der Waals surface area contributed by atoms with Crippen LogP contribution in [0.15, 0.2) is 48.5 Å². The van der Waals surface area contributed by atoms with Crippen LogP contribution in [-0.4, -0.2) is 65.0 Å². The predicted molar refractivity (Wildman–Crippen MR) is 132 cm³/mol. The minimum atomic E-state index is -1.07. The van der Waals surface area contributed by atoms with Gasteiger partial charge >= 0.3 is 5.97 Å². The summed E-state index contributed by atoms with van der Waals surface area (Å²) in [5.74, 6) is -0.583. The number of likely N-dealkylation sites (tertiary alicyclic amines) is 2. The molecular weight excluding hydrogens is 463 g/mol. The van der Waals surface area contributed by atoms with Gasteiger partial charge in [0.15, 0.2) is 6.61 Å². The van der Waals surface area contributed by atoms with E-state index in [4.69, 9.17) is 9.84 Å². The van der Waals surface area contributed by atoms with Crippen molar-refractivity contribution >= 4 is 17.8 Å². The summed E-state index contributed by atoms with van der Waals surface area (Å²) in [6.45, 7) is 5.39. The van der Waals surface area contributed by atoms with E-state index in [1.807, 2.05) is 11.0 Å². The average molecular weight is 497 g/mol. The highest BCUT2D eigenvalue weighted by Gasteiger charge is 2.52. The van der Waals surface area contributed by atoms with Crippen LogP contribution in [0.25, 0.3) is 0 Å². The Balaban J connectivity index is 1.42. The number of ether oxygens (including phenoxy) is 1. The normalized spacial score (nSPS) is 19.2. The highest BCUT2D eigenvalue weighted by Crippen LogP contribution is 2.45. The van der Waals surface area contributed by atoms with Gasteiger partial charge in [-0.25, -0.2) is 9.18 Å². The molecule has 0 radical (unpaired) electrons. The fourth-order valence-electron chi connectivity index (χ4n) is 5.44. The summed E-state index contributed by atoms with van der Waals surface area (Å²) in [6, 6.07) is 13.0. The number of piperidine rings is 1. The van der Waals surface area contributed by atoms with Crippen molar-refractivity contribution in [3.8, 4) is 5.75 Å². The van der Waals surface area contributed by atoms with Crippen molar-refractivity contribution in [3.63, 3.8) is 0 Å². The zero-order chi connectivity index (χ0) is 25.9. The molecule has 7 nitrogen and oxygen atoms in total. The Morgan fingerprint density at radius 1 is 1.14 bits per heavy atom. The van der Waals surface area contributed by atoms with E-state index in [1.54, 1.807) is 41.3 Å². The summed E-state index contributed by atoms with van der Waals surface area (Å²) in [7, 11) is 0. The molecule has 2 aliphatic heterocycles. The third-order valence-corrected chi connectivity index (χ3v) is 7.18. The highest BCUT2D eigenvalue weighted by atomic mass is 19.1. The lowest BCUT2D eigenvalue weighted by Gasteiger charge is -2.38. The first-order valence-corrected chi connectivity index (χ1v) is 12.5. The molecule has 2 amide bonds. The quantitative estimate of drug-likeness (QED) is 0.597. The highest BCUT2D eigenvalue weighted by molar-refractivity contribution is 5.94. The van der Waals surface area contributed by atoms with E-state index in [0.29, 0.717) is 62.5 Å². The number of halogens is 1. The van der Waals surface area contributed by atoms with Crippen LogP contribution in [0.5, 0.6) is 5.75 Å². The zero-order valence-electron chi connectivity index (χ0n) is 20.8. The van der Waals surface area contributed by atoms with Gasteiger partial charge in [0.25, 0.3) is 5.91 Å². The smallest absolute Gasteiger partial charge is 0.341 e. The number of carbonyl (C=O) groups is 3. The van der Waals surface area contributed by atoms with Crippen LogP contribution in [0.3, 0.4) is 0 Å². The predicted octanol–water partition coefficient (Wildman–Crippen LogP) is 4.01. The van der Waals surface area contributed by atoms with Gasteiger partial charge in [0.2, 0.25) is 5.91 Å². The molecule has 1 atom stereocenters. The summed E-state index contributed by atoms with van der Waals surface area (Å²) in [5.41, 5.74) is 0.900. The minimum Gasteiger partial charge on any atom is -0.482 e. The van der Waals surface area contributed by atoms with E-state index in [2.05, 4.69) is 13.8 Å². The molecule has 2 aliphatic rings. The van der Waals surface area contributed by atoms with Gasteiger partial charge in [0.1, 0.15) is 11.6 Å². The van der Waals surface area contributed by atoms with Crippen LogP contribution in [0, 0.1) is 17.2 Å². The van der Waals surface area contributed by atoms with Gasteiger partial charge in [0.05, 0.1) is 5.41 Å². The number of benzene rings is 2. The largest absolute Gasteiger partial charge is 0.482 e. The first-order chi connectivity index (χ1) is 17.2. The third-order valence-electron chi connectivity index (χ3n) is 7.18. The fraction of sp³-hybridized carbons (Fsp3) is 0.464. The molecule has 4 rings (SSSR count). The van der Waals surface area contributed by atoms with E-state index in [1.165, 1.54) is 6.07 Å². The molecule has 1 N–H and O–H groups in total. The maximum Gasteiger partial charge on any atom is 0.341 e. The summed E-state index contributed by atoms with van der Waals surface area (Å²) < 4.78 is 18.9. The van der Waals surface area contributed by atoms with Crippen LogP contribution in [0.4, 0.5) is 4.39 Å². The molecule has 1 spiro atoms. The van der Waals surface area contributed by atoms with Crippen molar-refractivity contribution in [2.24, 2.45) is 11.3 Å². The summed E-state index contributed by atoms with van der Waals surface area (Å²) >= 11 is 0. The summed E-state index contributed by atoms with van der Waals surface area (Å²) in [5, 5.41) is 8.73. The van der Waals surface area contributed by atoms with E-state index < -0.39 is 18.0 Å². The number of hydrogen-bond acceptors (Lipinski definition) is 4. The van der Waals surface area contributed by atoms with Gasteiger partial charge < -0.3 is 19.6 Å². The number of carboxylic acid groups (broad SMARTS) is 1. The number of hydrogen-bond donors (Lipinski definition) is 1. The number of carbonyl (C=O) groups excluding carboxylic acids is 2. The number of aliphatic carboxylic acids is 1. The Labute approximate surface area is 210 Å². The monoisotopic (exact) mass is 496 g/mol. The van der Waals surface area contributed by atoms with Crippen LogP contribution < -0.4 is 4.74 Å². The molecule has 0 bridgehead atoms. The van der Waals surface area contributed by atoms with Crippen molar-refractivity contribution in [2.45, 2.75) is 45.6 Å². The van der Waals surface area contributed by atoms with E-state index >= 15 is 0 Å². The van der Waals surface area contributed by atoms with Gasteiger partial charge in [-0.3, -0.25) is 9.59 Å². The zero-order valence-corrected chi connectivity index (χ0v) is 20.8. The van der Waals surface area contributed by atoms with Crippen molar-refractivity contribution in [1.29, 1.82) is 0 Å². The van der Waals surface area contributed by atoms with E-state index in [-0.39, 0.29) is 23.7 Å². The molecule has 0 saturated carbocycles. The summed E-state index contributed by atoms with van der Waals surface area (Å²) in [6.07, 6.45) is 2.54. The molecule has 2 heterocycles. The van der Waals surface area contributed by atoms with Gasteiger partial charge in [-0.15, -0.1) is 0 Å². The Bertz CT molecular complexity index is 1110. The molecular formula is C28H33FN2O5. The van der Waals surface area contributed by atoms with Crippen LogP contribution >= 0.6 is 0 Å². The number of carboxylic acids is 1. The molecule has 2 fully saturated rings. The second kappa shape index (κ2) is 10.7. The second-order valence-corrected chi connectivity index (χ2v) is 10.3. The van der Waals surface area contributed by atoms with Gasteiger partial charge in [-0.05, 0) is 73.6 Å². The Morgan fingerprint density at radius 2 is 1.83 bits per heavy atom. The lowest BCUT2D eigenvalue weighted by molar-refractivity contribution is -0.140. The fourth-order valence-corrected chi connectivity index (χ4v) is 5.44. The molecule has 0 unspecified atom stereocenters. The van der Waals surface area contributed by atoms with Crippen LogP contribution in [0.1, 0.15) is 49.0 Å². The molecule has 0 aliphatic carbocycles. The van der Waals surface area contributed by atoms with Gasteiger partial charge in [-0.2, -0.15) is 0 Å². The maximum atomic E-state index is 13.8. The molecule has 192 valence electrons. The molecule has 0 aromatic heterocycles. The Morgan fingerprint density at radius 3 is 2.44 bits per heavy atom. The third kappa shape index (κ3) is 5.69. The lowest BCUT2D eigenvalue weighted by Crippen LogP contribution is -2.47. The van der Waals surface area contributed by atoms with E-state index in [0.717, 1.165) is 5.56 Å². The van der Waals surface area contributed by atoms with Crippen molar-refractivity contribution < 1.29 is 28.6 Å². The SMILES string of the molecule is CC(C)CN1C(=O)C2(CCN(C(=O)c3ccc(OCC(=O)O)cc3)CC2)C[C@@H]1Cc1cccc(F)c1. The number of rotatable bonds is 8. The molecule has 8 heteroatoms. The average Bonchev–Trinajstić information content (AvgIpc) is 3.08. The second-order valence-electron chi connectivity index (χ2n) is 10.3. The molecule has 2 aromatic rings. The lowest BCUT2D eigenvalue weighted by atomic mass is 9.75. The first-order valence-electron chi connectivity index (χ1n) is 12.5. The number of amides is 2.